The Bertz CT molecular complexity index is 890. The summed E-state index contributed by atoms with van der Waals surface area (Å²) < 4.78 is 31.2. The lowest BCUT2D eigenvalue weighted by Gasteiger charge is -2.12. The van der Waals surface area contributed by atoms with Gasteiger partial charge in [-0.3, -0.25) is 9.52 Å². The van der Waals surface area contributed by atoms with Crippen molar-refractivity contribution < 1.29 is 17.9 Å². The number of aryl methyl sites for hydroxylation is 1. The van der Waals surface area contributed by atoms with Crippen LogP contribution in [0.4, 0.5) is 11.4 Å². The molecule has 0 fully saturated rings. The highest BCUT2D eigenvalue weighted by molar-refractivity contribution is 7.92. The molecule has 2 aromatic carbocycles. The third-order valence-corrected chi connectivity index (χ3v) is 4.91. The van der Waals surface area contributed by atoms with Gasteiger partial charge in [-0.05, 0) is 61.9 Å². The number of ether oxygens (including phenoxy) is 1. The van der Waals surface area contributed by atoms with Crippen molar-refractivity contribution in [2.24, 2.45) is 0 Å². The summed E-state index contributed by atoms with van der Waals surface area (Å²) in [5.74, 6) is 0.392. The SMILES string of the molecule is C=CCOc1ccc(C(=O)Nc2ccc(NS(=O)(=O)CC)c(C)c2)cc1. The smallest absolute Gasteiger partial charge is 0.255 e. The Labute approximate surface area is 153 Å². The molecule has 26 heavy (non-hydrogen) atoms. The lowest BCUT2D eigenvalue weighted by Crippen LogP contribution is -2.16. The highest BCUT2D eigenvalue weighted by atomic mass is 32.2. The predicted octanol–water partition coefficient (Wildman–Crippen LogP) is 3.57. The van der Waals surface area contributed by atoms with Crippen LogP contribution in [0.15, 0.2) is 55.1 Å². The Kier molecular flexibility index (Phi) is 6.41. The quantitative estimate of drug-likeness (QED) is 0.692. The van der Waals surface area contributed by atoms with E-state index >= 15 is 0 Å². The van der Waals surface area contributed by atoms with E-state index in [9.17, 15) is 13.2 Å². The summed E-state index contributed by atoms with van der Waals surface area (Å²) in [6.45, 7) is 7.32. The standard InChI is InChI=1S/C19H22N2O4S/c1-4-12-25-17-9-6-15(7-10-17)19(22)20-16-8-11-18(14(3)13-16)21-26(23,24)5-2/h4,6-11,13,21H,1,5,12H2,2-3H3,(H,20,22). The second-order valence-corrected chi connectivity index (χ2v) is 7.62. The number of hydrogen-bond donors (Lipinski definition) is 2. The molecule has 7 heteroatoms. The van der Waals surface area contributed by atoms with Crippen molar-refractivity contribution >= 4 is 27.3 Å². The number of rotatable bonds is 8. The summed E-state index contributed by atoms with van der Waals surface area (Å²) in [6, 6.07) is 11.8. The van der Waals surface area contributed by atoms with Gasteiger partial charge in [-0.2, -0.15) is 0 Å². The van der Waals surface area contributed by atoms with Crippen LogP contribution in [0.2, 0.25) is 0 Å². The van der Waals surface area contributed by atoms with Gasteiger partial charge in [0.1, 0.15) is 12.4 Å². The minimum absolute atomic E-state index is 0.00254. The first kappa shape index (κ1) is 19.5. The van der Waals surface area contributed by atoms with Crippen molar-refractivity contribution in [3.63, 3.8) is 0 Å². The number of carbonyl (C=O) groups excluding carboxylic acids is 1. The van der Waals surface area contributed by atoms with E-state index in [1.165, 1.54) is 0 Å². The fourth-order valence-corrected chi connectivity index (χ4v) is 2.87. The molecule has 2 rings (SSSR count). The van der Waals surface area contributed by atoms with Gasteiger partial charge in [0.25, 0.3) is 5.91 Å². The zero-order valence-electron chi connectivity index (χ0n) is 14.8. The van der Waals surface area contributed by atoms with Crippen LogP contribution in [0, 0.1) is 6.92 Å². The van der Waals surface area contributed by atoms with E-state index in [0.29, 0.717) is 34.9 Å². The van der Waals surface area contributed by atoms with E-state index in [0.717, 1.165) is 0 Å². The molecule has 0 aliphatic rings. The van der Waals surface area contributed by atoms with E-state index < -0.39 is 10.0 Å². The Morgan fingerprint density at radius 1 is 1.19 bits per heavy atom. The summed E-state index contributed by atoms with van der Waals surface area (Å²) in [4.78, 5) is 12.3. The Morgan fingerprint density at radius 2 is 1.88 bits per heavy atom. The topological polar surface area (TPSA) is 84.5 Å². The van der Waals surface area contributed by atoms with Gasteiger partial charge in [-0.25, -0.2) is 8.42 Å². The van der Waals surface area contributed by atoms with Crippen molar-refractivity contribution in [1.29, 1.82) is 0 Å². The summed E-state index contributed by atoms with van der Waals surface area (Å²) in [5.41, 5.74) is 2.28. The largest absolute Gasteiger partial charge is 0.490 e. The number of carbonyl (C=O) groups is 1. The molecular formula is C19H22N2O4S. The van der Waals surface area contributed by atoms with Gasteiger partial charge in [-0.1, -0.05) is 12.7 Å². The van der Waals surface area contributed by atoms with Crippen LogP contribution in [-0.2, 0) is 10.0 Å². The highest BCUT2D eigenvalue weighted by Gasteiger charge is 2.11. The molecule has 0 bridgehead atoms. The molecule has 1 amide bonds. The monoisotopic (exact) mass is 374 g/mol. The van der Waals surface area contributed by atoms with Gasteiger partial charge in [0.05, 0.1) is 11.4 Å². The third-order valence-electron chi connectivity index (χ3n) is 3.61. The minimum atomic E-state index is -3.34. The molecule has 0 radical (unpaired) electrons. The van der Waals surface area contributed by atoms with Gasteiger partial charge < -0.3 is 10.1 Å². The molecule has 0 unspecified atom stereocenters. The first-order chi connectivity index (χ1) is 12.3. The molecule has 0 heterocycles. The third kappa shape index (κ3) is 5.35. The average Bonchev–Trinajstić information content (AvgIpc) is 2.62. The average molecular weight is 374 g/mol. The molecule has 6 nitrogen and oxygen atoms in total. The molecule has 0 spiro atoms. The zero-order chi connectivity index (χ0) is 19.2. The Balaban J connectivity index is 2.07. The minimum Gasteiger partial charge on any atom is -0.490 e. The molecule has 0 atom stereocenters. The predicted molar refractivity (Wildman–Crippen MR) is 104 cm³/mol. The molecular weight excluding hydrogens is 352 g/mol. The van der Waals surface area contributed by atoms with Gasteiger partial charge in [-0.15, -0.1) is 0 Å². The van der Waals surface area contributed by atoms with Gasteiger partial charge >= 0.3 is 0 Å². The van der Waals surface area contributed by atoms with E-state index in [1.807, 2.05) is 0 Å². The summed E-state index contributed by atoms with van der Waals surface area (Å²) in [5, 5.41) is 2.79. The molecule has 0 aliphatic carbocycles. The maximum absolute atomic E-state index is 12.3. The number of anilines is 2. The number of sulfonamides is 1. The summed E-state index contributed by atoms with van der Waals surface area (Å²) in [6.07, 6.45) is 1.65. The van der Waals surface area contributed by atoms with Gasteiger partial charge in [0, 0.05) is 11.3 Å². The van der Waals surface area contributed by atoms with Crippen LogP contribution in [0.25, 0.3) is 0 Å². The van der Waals surface area contributed by atoms with E-state index in [2.05, 4.69) is 16.6 Å². The second-order valence-electron chi connectivity index (χ2n) is 5.61. The van der Waals surface area contributed by atoms with E-state index in [1.54, 1.807) is 62.4 Å². The lowest BCUT2D eigenvalue weighted by molar-refractivity contribution is 0.102. The number of nitrogens with one attached hydrogen (secondary N) is 2. The molecule has 0 saturated carbocycles. The highest BCUT2D eigenvalue weighted by Crippen LogP contribution is 2.22. The maximum Gasteiger partial charge on any atom is 0.255 e. The first-order valence-corrected chi connectivity index (χ1v) is 9.76. The molecule has 0 aliphatic heterocycles. The van der Waals surface area contributed by atoms with Crippen LogP contribution < -0.4 is 14.8 Å². The van der Waals surface area contributed by atoms with Crippen LogP contribution in [0.1, 0.15) is 22.8 Å². The number of hydrogen-bond acceptors (Lipinski definition) is 4. The molecule has 2 N–H and O–H groups in total. The van der Waals surface area contributed by atoms with Crippen LogP contribution in [-0.4, -0.2) is 26.7 Å². The van der Waals surface area contributed by atoms with Crippen molar-refractivity contribution in [2.45, 2.75) is 13.8 Å². The van der Waals surface area contributed by atoms with Crippen LogP contribution >= 0.6 is 0 Å². The fraction of sp³-hybridized carbons (Fsp3) is 0.211. The molecule has 138 valence electrons. The van der Waals surface area contributed by atoms with Crippen molar-refractivity contribution in [1.82, 2.24) is 0 Å². The van der Waals surface area contributed by atoms with Crippen LogP contribution in [0.3, 0.4) is 0 Å². The first-order valence-electron chi connectivity index (χ1n) is 8.11. The van der Waals surface area contributed by atoms with Crippen LogP contribution in [0.5, 0.6) is 5.75 Å². The number of amides is 1. The fourth-order valence-electron chi connectivity index (χ4n) is 2.16. The van der Waals surface area contributed by atoms with Gasteiger partial charge in [0.2, 0.25) is 10.0 Å². The van der Waals surface area contributed by atoms with E-state index in [-0.39, 0.29) is 11.7 Å². The van der Waals surface area contributed by atoms with Gasteiger partial charge in [0.15, 0.2) is 0 Å². The normalized spacial score (nSPS) is 10.8. The van der Waals surface area contributed by atoms with Crippen molar-refractivity contribution in [3.05, 3.63) is 66.2 Å². The summed E-state index contributed by atoms with van der Waals surface area (Å²) >= 11 is 0. The maximum atomic E-state index is 12.3. The molecule has 0 saturated heterocycles. The Morgan fingerprint density at radius 3 is 2.46 bits per heavy atom. The summed E-state index contributed by atoms with van der Waals surface area (Å²) in [7, 11) is -3.34. The Hall–Kier alpha value is -2.80. The molecule has 0 aromatic heterocycles. The second kappa shape index (κ2) is 8.53. The molecule has 2 aromatic rings. The van der Waals surface area contributed by atoms with Crippen molar-refractivity contribution in [2.75, 3.05) is 22.4 Å². The number of benzene rings is 2. The van der Waals surface area contributed by atoms with E-state index in [4.69, 9.17) is 4.74 Å². The lowest BCUT2D eigenvalue weighted by atomic mass is 10.1. The zero-order valence-corrected chi connectivity index (χ0v) is 15.6. The van der Waals surface area contributed by atoms with Crippen molar-refractivity contribution in [3.8, 4) is 5.75 Å².